The predicted octanol–water partition coefficient (Wildman–Crippen LogP) is 7.15. The maximum atomic E-state index is 14.6. The molecular formula is C16H19F17O2Si. The van der Waals surface area contributed by atoms with Gasteiger partial charge in [-0.15, -0.1) is 0 Å². The van der Waals surface area contributed by atoms with Gasteiger partial charge in [-0.1, -0.05) is 6.92 Å². The van der Waals surface area contributed by atoms with E-state index in [9.17, 15) is 74.6 Å². The van der Waals surface area contributed by atoms with Crippen LogP contribution < -0.4 is 0 Å². The first-order valence-corrected chi connectivity index (χ1v) is 11.7. The van der Waals surface area contributed by atoms with Crippen LogP contribution in [0.3, 0.4) is 0 Å². The first-order valence-electron chi connectivity index (χ1n) is 9.60. The summed E-state index contributed by atoms with van der Waals surface area (Å²) in [5.74, 6) is -52.3. The minimum Gasteiger partial charge on any atom is -0.393 e. The van der Waals surface area contributed by atoms with Crippen LogP contribution in [0.25, 0.3) is 0 Å². The molecule has 36 heavy (non-hydrogen) atoms. The summed E-state index contributed by atoms with van der Waals surface area (Å²) in [5.41, 5.74) is 0. The highest BCUT2D eigenvalue weighted by Gasteiger charge is 2.92. The van der Waals surface area contributed by atoms with Crippen LogP contribution in [0.15, 0.2) is 0 Å². The molecule has 0 saturated carbocycles. The van der Waals surface area contributed by atoms with Gasteiger partial charge in [0.1, 0.15) is 0 Å². The van der Waals surface area contributed by atoms with Gasteiger partial charge in [-0.05, 0) is 19.9 Å². The summed E-state index contributed by atoms with van der Waals surface area (Å²) in [5, 5.41) is 0. The minimum absolute atomic E-state index is 0.761. The topological polar surface area (TPSA) is 18.5 Å². The third kappa shape index (κ3) is 5.13. The first kappa shape index (κ1) is 34.9. The zero-order chi connectivity index (χ0) is 29.3. The van der Waals surface area contributed by atoms with E-state index in [1.165, 1.54) is 0 Å². The van der Waals surface area contributed by atoms with Crippen LogP contribution in [0.2, 0.25) is 6.04 Å². The van der Waals surface area contributed by atoms with Gasteiger partial charge in [-0.2, -0.15) is 52.7 Å². The molecule has 0 aliphatic rings. The molecule has 0 N–H and O–H groups in total. The second kappa shape index (κ2) is 11.0. The van der Waals surface area contributed by atoms with Gasteiger partial charge < -0.3 is 8.85 Å². The summed E-state index contributed by atoms with van der Waals surface area (Å²) < 4.78 is 240. The number of rotatable bonds is 15. The van der Waals surface area contributed by atoms with Crippen molar-refractivity contribution in [3.05, 3.63) is 0 Å². The lowest BCUT2D eigenvalue weighted by Gasteiger charge is -2.44. The van der Waals surface area contributed by atoms with E-state index in [-0.39, 0.29) is 0 Å². The third-order valence-corrected chi connectivity index (χ3v) is 8.54. The quantitative estimate of drug-likeness (QED) is 0.148. The van der Waals surface area contributed by atoms with Crippen LogP contribution in [-0.2, 0) is 8.85 Å². The van der Waals surface area contributed by atoms with Crippen LogP contribution in [-0.4, -0.2) is 81.9 Å². The van der Waals surface area contributed by atoms with Gasteiger partial charge in [0, 0.05) is 13.2 Å². The van der Waals surface area contributed by atoms with E-state index in [1.54, 1.807) is 0 Å². The molecule has 20 heteroatoms. The van der Waals surface area contributed by atoms with Crippen molar-refractivity contribution >= 4 is 8.56 Å². The third-order valence-electron chi connectivity index (χ3n) is 4.86. The van der Waals surface area contributed by atoms with E-state index >= 15 is 0 Å². The summed E-state index contributed by atoms with van der Waals surface area (Å²) in [7, 11) is -5.39. The molecule has 0 spiro atoms. The molecule has 3 unspecified atom stereocenters. The maximum Gasteiger partial charge on any atom is 0.384 e. The van der Waals surface area contributed by atoms with E-state index in [1.807, 2.05) is 0 Å². The smallest absolute Gasteiger partial charge is 0.384 e. The second-order valence-corrected chi connectivity index (χ2v) is 10.5. The van der Waals surface area contributed by atoms with Crippen molar-refractivity contribution in [3.8, 4) is 0 Å². The van der Waals surface area contributed by atoms with E-state index in [2.05, 4.69) is 8.85 Å². The molecule has 0 aromatic carbocycles. The Morgan fingerprint density at radius 2 is 0.889 bits per heavy atom. The molecule has 0 aliphatic heterocycles. The van der Waals surface area contributed by atoms with Crippen molar-refractivity contribution in [3.63, 3.8) is 0 Å². The lowest BCUT2D eigenvalue weighted by Crippen LogP contribution is -2.75. The molecule has 0 bridgehead atoms. The standard InChI is InChI=1S/C16H19F17O2Si/c1-4-34-36(6-3,35-5-2)10(21)12(24,25)14(28,29)16(32,33)15(30,31)13(26,27)11(22,23)8(18)7(17)9(19)20/h7-10H,4-6H2,1-3H3. The summed E-state index contributed by atoms with van der Waals surface area (Å²) in [6, 6.07) is -1.06. The molecule has 0 saturated heterocycles. The molecule has 218 valence electrons. The number of hydrogen-bond donors (Lipinski definition) is 0. The molecule has 0 rings (SSSR count). The number of hydrogen-bond acceptors (Lipinski definition) is 2. The van der Waals surface area contributed by atoms with Crippen LogP contribution >= 0.6 is 0 Å². The van der Waals surface area contributed by atoms with Gasteiger partial charge in [0.25, 0.3) is 6.43 Å². The molecule has 3 atom stereocenters. The van der Waals surface area contributed by atoms with Gasteiger partial charge in [-0.25, -0.2) is 22.0 Å². The van der Waals surface area contributed by atoms with E-state index in [0.717, 1.165) is 20.8 Å². The van der Waals surface area contributed by atoms with Crippen LogP contribution in [0.5, 0.6) is 0 Å². The van der Waals surface area contributed by atoms with Gasteiger partial charge in [0.05, 0.1) is 0 Å². The van der Waals surface area contributed by atoms with Gasteiger partial charge in [0.2, 0.25) is 12.0 Å². The Bertz CT molecular complexity index is 711. The molecule has 0 amide bonds. The lowest BCUT2D eigenvalue weighted by atomic mass is 9.89. The Hall–Kier alpha value is -1.05. The Kier molecular flexibility index (Phi) is 10.7. The average molecular weight is 594 g/mol. The fourth-order valence-electron chi connectivity index (χ4n) is 2.81. The largest absolute Gasteiger partial charge is 0.393 e. The predicted molar refractivity (Wildman–Crippen MR) is 89.9 cm³/mol. The Balaban J connectivity index is 6.82. The van der Waals surface area contributed by atoms with Crippen molar-refractivity contribution in [2.75, 3.05) is 13.2 Å². The van der Waals surface area contributed by atoms with E-state index in [4.69, 9.17) is 0 Å². The lowest BCUT2D eigenvalue weighted by molar-refractivity contribution is -0.432. The highest BCUT2D eigenvalue weighted by molar-refractivity contribution is 6.69. The Labute approximate surface area is 193 Å². The normalized spacial score (nSPS) is 17.9. The fourth-order valence-corrected chi connectivity index (χ4v) is 5.66. The van der Waals surface area contributed by atoms with Crippen molar-refractivity contribution in [2.24, 2.45) is 0 Å². The molecule has 0 radical (unpaired) electrons. The van der Waals surface area contributed by atoms with Crippen molar-refractivity contribution < 1.29 is 83.5 Å². The average Bonchev–Trinajstić information content (AvgIpc) is 2.76. The van der Waals surface area contributed by atoms with Crippen LogP contribution in [0, 0.1) is 0 Å². The van der Waals surface area contributed by atoms with Gasteiger partial charge >= 0.3 is 44.1 Å². The van der Waals surface area contributed by atoms with Crippen LogP contribution in [0.1, 0.15) is 20.8 Å². The van der Waals surface area contributed by atoms with E-state index < -0.39 is 87.9 Å². The monoisotopic (exact) mass is 594 g/mol. The molecule has 0 aromatic heterocycles. The first-order chi connectivity index (χ1) is 15.9. The zero-order valence-corrected chi connectivity index (χ0v) is 19.2. The number of halogens is 17. The molecule has 0 fully saturated rings. The molecule has 2 nitrogen and oxygen atoms in total. The zero-order valence-electron chi connectivity index (χ0n) is 18.2. The SMILES string of the molecule is CCO[Si](CC)(OCC)C(F)C(F)(F)C(F)(F)C(F)(F)C(F)(F)C(F)(F)C(F)(F)C(F)C(F)C(F)F. The molecule has 0 heterocycles. The fraction of sp³-hybridized carbons (Fsp3) is 1.00. The van der Waals surface area contributed by atoms with Crippen molar-refractivity contribution in [1.29, 1.82) is 0 Å². The van der Waals surface area contributed by atoms with Crippen molar-refractivity contribution in [1.82, 2.24) is 0 Å². The number of alkyl halides is 17. The van der Waals surface area contributed by atoms with Gasteiger partial charge in [0.15, 0.2) is 6.17 Å². The molecule has 0 aromatic rings. The summed E-state index contributed by atoms with van der Waals surface area (Å²) >= 11 is 0. The molecular weight excluding hydrogens is 575 g/mol. The summed E-state index contributed by atoms with van der Waals surface area (Å²) in [4.78, 5) is 0. The Morgan fingerprint density at radius 3 is 1.17 bits per heavy atom. The minimum atomic E-state index is -8.41. The maximum absolute atomic E-state index is 14.6. The van der Waals surface area contributed by atoms with Crippen molar-refractivity contribution in [2.45, 2.75) is 86.9 Å². The summed E-state index contributed by atoms with van der Waals surface area (Å²) in [6.45, 7) is 1.10. The summed E-state index contributed by atoms with van der Waals surface area (Å²) in [6.07, 6.45) is -15.6. The van der Waals surface area contributed by atoms with Crippen LogP contribution in [0.4, 0.5) is 74.6 Å². The van der Waals surface area contributed by atoms with Gasteiger partial charge in [-0.3, -0.25) is 0 Å². The molecule has 0 aliphatic carbocycles. The second-order valence-electron chi connectivity index (χ2n) is 7.12. The van der Waals surface area contributed by atoms with E-state index in [0.29, 0.717) is 0 Å². The Morgan fingerprint density at radius 1 is 0.556 bits per heavy atom. The highest BCUT2D eigenvalue weighted by Crippen LogP contribution is 2.62. The highest BCUT2D eigenvalue weighted by atomic mass is 28.4.